The maximum absolute atomic E-state index is 5.85. The molecule has 2 saturated heterocycles. The lowest BCUT2D eigenvalue weighted by Gasteiger charge is -2.42. The second-order valence-corrected chi connectivity index (χ2v) is 6.82. The molecule has 2 atom stereocenters. The van der Waals surface area contributed by atoms with E-state index in [1.165, 1.54) is 31.5 Å². The Balaban J connectivity index is 1.55. The van der Waals surface area contributed by atoms with Gasteiger partial charge in [0, 0.05) is 43.3 Å². The number of ether oxygens (including phenoxy) is 3. The Labute approximate surface area is 138 Å². The predicted molar refractivity (Wildman–Crippen MR) is 88.2 cm³/mol. The number of fused-ring (bicyclic) bond motifs is 2. The van der Waals surface area contributed by atoms with Gasteiger partial charge in [0.1, 0.15) is 5.75 Å². The lowest BCUT2D eigenvalue weighted by molar-refractivity contribution is 0.0534. The molecular formula is C18H26N2O3. The van der Waals surface area contributed by atoms with Crippen LogP contribution in [0.1, 0.15) is 32.3 Å². The van der Waals surface area contributed by atoms with E-state index in [-0.39, 0.29) is 0 Å². The van der Waals surface area contributed by atoms with Crippen molar-refractivity contribution in [2.75, 3.05) is 33.0 Å². The molecule has 0 aliphatic carbocycles. The maximum atomic E-state index is 5.85. The predicted octanol–water partition coefficient (Wildman–Crippen LogP) is 2.48. The quantitative estimate of drug-likeness (QED) is 0.852. The van der Waals surface area contributed by atoms with E-state index in [9.17, 15) is 0 Å². The topological polar surface area (TPSA) is 34.2 Å². The van der Waals surface area contributed by atoms with Crippen LogP contribution in [-0.4, -0.2) is 54.9 Å². The van der Waals surface area contributed by atoms with Gasteiger partial charge in [0.2, 0.25) is 6.79 Å². The van der Waals surface area contributed by atoms with Crippen LogP contribution in [-0.2, 0) is 6.54 Å². The molecule has 23 heavy (non-hydrogen) atoms. The molecule has 0 N–H and O–H groups in total. The molecule has 126 valence electrons. The normalized spacial score (nSPS) is 27.2. The number of benzene rings is 1. The van der Waals surface area contributed by atoms with Crippen molar-refractivity contribution in [3.05, 3.63) is 17.7 Å². The standard InChI is InChI=1S/C18H26N2O3/c1-3-21-16-8-18-17(22-12-23-18)7-14(16)10-20-11-15-5-4-6-19(15)9-13(20)2/h7-8,13,15H,3-6,9-12H2,1-2H3/t13-,15+/m1/s1. The van der Waals surface area contributed by atoms with Crippen LogP contribution in [0.5, 0.6) is 17.2 Å². The molecule has 4 rings (SSSR count). The molecule has 3 aliphatic rings. The van der Waals surface area contributed by atoms with Crippen molar-refractivity contribution in [3.8, 4) is 17.2 Å². The molecule has 2 fully saturated rings. The molecule has 3 heterocycles. The van der Waals surface area contributed by atoms with Gasteiger partial charge in [0.05, 0.1) is 6.61 Å². The van der Waals surface area contributed by atoms with E-state index >= 15 is 0 Å². The molecule has 0 bridgehead atoms. The van der Waals surface area contributed by atoms with Crippen molar-refractivity contribution in [2.24, 2.45) is 0 Å². The first-order chi connectivity index (χ1) is 11.2. The van der Waals surface area contributed by atoms with Crippen LogP contribution in [0.4, 0.5) is 0 Å². The average molecular weight is 318 g/mol. The van der Waals surface area contributed by atoms with E-state index in [0.29, 0.717) is 19.4 Å². The Kier molecular flexibility index (Phi) is 4.07. The molecule has 1 aromatic rings. The van der Waals surface area contributed by atoms with Gasteiger partial charge in [-0.2, -0.15) is 0 Å². The van der Waals surface area contributed by atoms with Gasteiger partial charge in [0.25, 0.3) is 0 Å². The number of hydrogen-bond donors (Lipinski definition) is 0. The molecular weight excluding hydrogens is 292 g/mol. The van der Waals surface area contributed by atoms with E-state index in [0.717, 1.165) is 36.4 Å². The number of rotatable bonds is 4. The van der Waals surface area contributed by atoms with Gasteiger partial charge in [-0.05, 0) is 39.3 Å². The minimum absolute atomic E-state index is 0.307. The third kappa shape index (κ3) is 2.88. The van der Waals surface area contributed by atoms with Gasteiger partial charge in [-0.3, -0.25) is 9.80 Å². The van der Waals surface area contributed by atoms with Crippen LogP contribution in [0.3, 0.4) is 0 Å². The molecule has 0 unspecified atom stereocenters. The lowest BCUT2D eigenvalue weighted by atomic mass is 10.1. The molecule has 3 aliphatic heterocycles. The van der Waals surface area contributed by atoms with Gasteiger partial charge in [-0.1, -0.05) is 0 Å². The molecule has 0 amide bonds. The summed E-state index contributed by atoms with van der Waals surface area (Å²) >= 11 is 0. The van der Waals surface area contributed by atoms with E-state index in [1.54, 1.807) is 0 Å². The molecule has 0 aromatic heterocycles. The van der Waals surface area contributed by atoms with Crippen LogP contribution in [0.25, 0.3) is 0 Å². The van der Waals surface area contributed by atoms with Crippen molar-refractivity contribution in [1.82, 2.24) is 9.80 Å². The zero-order valence-corrected chi connectivity index (χ0v) is 14.1. The number of nitrogens with zero attached hydrogens (tertiary/aromatic N) is 2. The fraction of sp³-hybridized carbons (Fsp3) is 0.667. The number of hydrogen-bond acceptors (Lipinski definition) is 5. The summed E-state index contributed by atoms with van der Waals surface area (Å²) in [7, 11) is 0. The molecule has 5 heteroatoms. The fourth-order valence-electron chi connectivity index (χ4n) is 4.07. The van der Waals surface area contributed by atoms with Gasteiger partial charge < -0.3 is 14.2 Å². The van der Waals surface area contributed by atoms with Crippen molar-refractivity contribution in [3.63, 3.8) is 0 Å². The monoisotopic (exact) mass is 318 g/mol. The highest BCUT2D eigenvalue weighted by atomic mass is 16.7. The van der Waals surface area contributed by atoms with Crippen molar-refractivity contribution < 1.29 is 14.2 Å². The maximum Gasteiger partial charge on any atom is 0.231 e. The van der Waals surface area contributed by atoms with Gasteiger partial charge in [-0.25, -0.2) is 0 Å². The molecule has 5 nitrogen and oxygen atoms in total. The number of piperazine rings is 1. The molecule has 0 saturated carbocycles. The van der Waals surface area contributed by atoms with Gasteiger partial charge >= 0.3 is 0 Å². The van der Waals surface area contributed by atoms with Crippen molar-refractivity contribution >= 4 is 0 Å². The highest BCUT2D eigenvalue weighted by molar-refractivity contribution is 5.51. The lowest BCUT2D eigenvalue weighted by Crippen LogP contribution is -2.54. The fourth-order valence-corrected chi connectivity index (χ4v) is 4.07. The van der Waals surface area contributed by atoms with E-state index in [1.807, 2.05) is 13.0 Å². The van der Waals surface area contributed by atoms with Gasteiger partial charge in [0.15, 0.2) is 11.5 Å². The third-order valence-corrected chi connectivity index (χ3v) is 5.30. The Morgan fingerprint density at radius 3 is 2.87 bits per heavy atom. The zero-order chi connectivity index (χ0) is 15.8. The van der Waals surface area contributed by atoms with Crippen LogP contribution in [0.2, 0.25) is 0 Å². The minimum Gasteiger partial charge on any atom is -0.493 e. The smallest absolute Gasteiger partial charge is 0.231 e. The van der Waals surface area contributed by atoms with E-state index in [4.69, 9.17) is 14.2 Å². The van der Waals surface area contributed by atoms with Crippen molar-refractivity contribution in [1.29, 1.82) is 0 Å². The minimum atomic E-state index is 0.307. The van der Waals surface area contributed by atoms with Crippen LogP contribution in [0, 0.1) is 0 Å². The third-order valence-electron chi connectivity index (χ3n) is 5.30. The average Bonchev–Trinajstić information content (AvgIpc) is 3.16. The summed E-state index contributed by atoms with van der Waals surface area (Å²) in [5.74, 6) is 2.57. The summed E-state index contributed by atoms with van der Waals surface area (Å²) in [6.45, 7) is 9.85. The summed E-state index contributed by atoms with van der Waals surface area (Å²) in [6, 6.07) is 5.39. The first-order valence-electron chi connectivity index (χ1n) is 8.78. The summed E-state index contributed by atoms with van der Waals surface area (Å²) < 4.78 is 16.9. The summed E-state index contributed by atoms with van der Waals surface area (Å²) in [6.07, 6.45) is 2.68. The van der Waals surface area contributed by atoms with Crippen LogP contribution >= 0.6 is 0 Å². The SMILES string of the molecule is CCOc1cc2c(cc1CN1C[C@@H]3CCCN3C[C@H]1C)OCO2. The zero-order valence-electron chi connectivity index (χ0n) is 14.1. The summed E-state index contributed by atoms with van der Waals surface area (Å²) in [4.78, 5) is 5.25. The second-order valence-electron chi connectivity index (χ2n) is 6.82. The first kappa shape index (κ1) is 15.1. The molecule has 1 aromatic carbocycles. The van der Waals surface area contributed by atoms with Crippen molar-refractivity contribution in [2.45, 2.75) is 45.3 Å². The highest BCUT2D eigenvalue weighted by Gasteiger charge is 2.34. The molecule has 0 spiro atoms. The Bertz CT molecular complexity index is 578. The van der Waals surface area contributed by atoms with Gasteiger partial charge in [-0.15, -0.1) is 0 Å². The van der Waals surface area contributed by atoms with Crippen LogP contribution < -0.4 is 14.2 Å². The summed E-state index contributed by atoms with van der Waals surface area (Å²) in [5.41, 5.74) is 1.20. The van der Waals surface area contributed by atoms with Crippen LogP contribution in [0.15, 0.2) is 12.1 Å². The Hall–Kier alpha value is -1.46. The highest BCUT2D eigenvalue weighted by Crippen LogP contribution is 2.39. The summed E-state index contributed by atoms with van der Waals surface area (Å²) in [5, 5.41) is 0. The van der Waals surface area contributed by atoms with E-state index < -0.39 is 0 Å². The Morgan fingerprint density at radius 1 is 1.22 bits per heavy atom. The largest absolute Gasteiger partial charge is 0.493 e. The van der Waals surface area contributed by atoms with E-state index in [2.05, 4.69) is 22.8 Å². The second kappa shape index (κ2) is 6.21. The first-order valence-corrected chi connectivity index (χ1v) is 8.78. The Morgan fingerprint density at radius 2 is 2.04 bits per heavy atom. The molecule has 0 radical (unpaired) electrons.